The Balaban J connectivity index is 2.65. The Bertz CT molecular complexity index is 457. The summed E-state index contributed by atoms with van der Waals surface area (Å²) in [6.45, 7) is 9.07. The van der Waals surface area contributed by atoms with Gasteiger partial charge in [-0.1, -0.05) is 6.08 Å². The summed E-state index contributed by atoms with van der Waals surface area (Å²) < 4.78 is 7.17. The molecule has 1 rings (SSSR count). The summed E-state index contributed by atoms with van der Waals surface area (Å²) >= 11 is 3.29. The monoisotopic (exact) mass is 315 g/mol. The molecule has 0 radical (unpaired) electrons. The first-order valence-corrected chi connectivity index (χ1v) is 6.57. The van der Waals surface area contributed by atoms with Gasteiger partial charge in [0.05, 0.1) is 31.1 Å². The number of nitrogens with one attached hydrogen (secondary N) is 1. The van der Waals surface area contributed by atoms with Crippen molar-refractivity contribution < 1.29 is 4.74 Å². The Morgan fingerprint density at radius 3 is 3.00 bits per heavy atom. The van der Waals surface area contributed by atoms with E-state index in [1.54, 1.807) is 12.3 Å². The molecule has 0 aromatic carbocycles. The van der Waals surface area contributed by atoms with Gasteiger partial charge in [-0.15, -0.1) is 6.58 Å². The van der Waals surface area contributed by atoms with Crippen LogP contribution in [-0.2, 0) is 4.74 Å². The Labute approximate surface area is 115 Å². The van der Waals surface area contributed by atoms with E-state index < -0.39 is 0 Å². The van der Waals surface area contributed by atoms with Crippen molar-refractivity contribution >= 4 is 21.6 Å². The van der Waals surface area contributed by atoms with Crippen LogP contribution in [0.15, 0.2) is 28.1 Å². The molecule has 0 saturated carbocycles. The fourth-order valence-electron chi connectivity index (χ4n) is 1.36. The zero-order chi connectivity index (χ0) is 13.5. The highest BCUT2D eigenvalue weighted by atomic mass is 79.9. The van der Waals surface area contributed by atoms with Crippen molar-refractivity contribution in [2.45, 2.75) is 19.9 Å². The third-order valence-corrected chi connectivity index (χ3v) is 3.00. The maximum atomic E-state index is 11.9. The number of aromatic nitrogens is 2. The SMILES string of the molecule is C=CCOCCNc1cnn(C(C)C)c(=O)c1Br. The summed E-state index contributed by atoms with van der Waals surface area (Å²) in [5.41, 5.74) is 0.543. The van der Waals surface area contributed by atoms with Crippen LogP contribution < -0.4 is 10.9 Å². The minimum atomic E-state index is -0.137. The van der Waals surface area contributed by atoms with E-state index in [2.05, 4.69) is 32.9 Å². The minimum Gasteiger partial charge on any atom is -0.380 e. The molecular weight excluding hydrogens is 298 g/mol. The summed E-state index contributed by atoms with van der Waals surface area (Å²) in [5.74, 6) is 0. The van der Waals surface area contributed by atoms with Crippen LogP contribution in [0.25, 0.3) is 0 Å². The molecule has 18 heavy (non-hydrogen) atoms. The number of nitrogens with zero attached hydrogens (tertiary/aromatic N) is 2. The van der Waals surface area contributed by atoms with Crippen LogP contribution in [0.5, 0.6) is 0 Å². The predicted octanol–water partition coefficient (Wildman–Crippen LogP) is 2.20. The standard InChI is InChI=1S/C12H18BrN3O2/c1-4-6-18-7-5-14-10-8-15-16(9(2)3)12(17)11(10)13/h4,8-9,14H,1,5-7H2,2-3H3. The third kappa shape index (κ3) is 3.96. The van der Waals surface area contributed by atoms with Gasteiger partial charge in [0.2, 0.25) is 0 Å². The second-order valence-corrected chi connectivity index (χ2v) is 4.80. The summed E-state index contributed by atoms with van der Waals surface area (Å²) in [6.07, 6.45) is 3.33. The normalized spacial score (nSPS) is 10.7. The largest absolute Gasteiger partial charge is 0.380 e. The highest BCUT2D eigenvalue weighted by Gasteiger charge is 2.10. The lowest BCUT2D eigenvalue weighted by molar-refractivity contribution is 0.173. The van der Waals surface area contributed by atoms with Gasteiger partial charge < -0.3 is 10.1 Å². The fraction of sp³-hybridized carbons (Fsp3) is 0.500. The number of rotatable bonds is 7. The predicted molar refractivity (Wildman–Crippen MR) is 76.1 cm³/mol. The van der Waals surface area contributed by atoms with Crippen LogP contribution in [0.1, 0.15) is 19.9 Å². The van der Waals surface area contributed by atoms with Crippen LogP contribution in [-0.4, -0.2) is 29.5 Å². The molecule has 100 valence electrons. The van der Waals surface area contributed by atoms with Crippen LogP contribution in [0, 0.1) is 0 Å². The van der Waals surface area contributed by atoms with E-state index in [0.29, 0.717) is 29.9 Å². The number of anilines is 1. The maximum Gasteiger partial charge on any atom is 0.283 e. The molecule has 0 fully saturated rings. The smallest absolute Gasteiger partial charge is 0.283 e. The van der Waals surface area contributed by atoms with Gasteiger partial charge in [0, 0.05) is 6.54 Å². The Morgan fingerprint density at radius 2 is 2.39 bits per heavy atom. The van der Waals surface area contributed by atoms with Gasteiger partial charge in [0.25, 0.3) is 5.56 Å². The molecule has 0 unspecified atom stereocenters. The fourth-order valence-corrected chi connectivity index (χ4v) is 1.78. The lowest BCUT2D eigenvalue weighted by Crippen LogP contribution is -2.26. The van der Waals surface area contributed by atoms with Gasteiger partial charge >= 0.3 is 0 Å². The molecule has 5 nitrogen and oxygen atoms in total. The second-order valence-electron chi connectivity index (χ2n) is 4.01. The molecule has 0 atom stereocenters. The van der Waals surface area contributed by atoms with Crippen LogP contribution in [0.2, 0.25) is 0 Å². The average molecular weight is 316 g/mol. The Kier molecular flexibility index (Phi) is 6.07. The molecule has 0 aliphatic rings. The molecule has 0 spiro atoms. The summed E-state index contributed by atoms with van der Waals surface area (Å²) in [7, 11) is 0. The molecule has 0 bridgehead atoms. The highest BCUT2D eigenvalue weighted by molar-refractivity contribution is 9.10. The van der Waals surface area contributed by atoms with Crippen molar-refractivity contribution in [1.82, 2.24) is 9.78 Å². The number of hydrogen-bond donors (Lipinski definition) is 1. The van der Waals surface area contributed by atoms with E-state index in [0.717, 1.165) is 0 Å². The van der Waals surface area contributed by atoms with Crippen molar-refractivity contribution in [2.75, 3.05) is 25.1 Å². The summed E-state index contributed by atoms with van der Waals surface area (Å²) in [5, 5.41) is 7.21. The van der Waals surface area contributed by atoms with Gasteiger partial charge in [-0.25, -0.2) is 4.68 Å². The first-order valence-electron chi connectivity index (χ1n) is 5.77. The first kappa shape index (κ1) is 14.9. The lowest BCUT2D eigenvalue weighted by atomic mass is 10.4. The summed E-state index contributed by atoms with van der Waals surface area (Å²) in [4.78, 5) is 11.9. The molecule has 1 heterocycles. The molecule has 1 N–H and O–H groups in total. The van der Waals surface area contributed by atoms with Crippen LogP contribution in [0.3, 0.4) is 0 Å². The minimum absolute atomic E-state index is 0.0405. The molecule has 1 aromatic rings. The maximum absolute atomic E-state index is 11.9. The topological polar surface area (TPSA) is 56.1 Å². The summed E-state index contributed by atoms with van der Waals surface area (Å²) in [6, 6.07) is 0.0405. The lowest BCUT2D eigenvalue weighted by Gasteiger charge is -2.12. The van der Waals surface area contributed by atoms with Gasteiger partial charge in [-0.3, -0.25) is 4.79 Å². The molecule has 0 aliphatic heterocycles. The van der Waals surface area contributed by atoms with Gasteiger partial charge in [0.15, 0.2) is 0 Å². The Hall–Kier alpha value is -1.14. The van der Waals surface area contributed by atoms with E-state index in [9.17, 15) is 4.79 Å². The van der Waals surface area contributed by atoms with Crippen molar-refractivity contribution in [3.63, 3.8) is 0 Å². The van der Waals surface area contributed by atoms with Crippen molar-refractivity contribution in [3.05, 3.63) is 33.7 Å². The third-order valence-electron chi connectivity index (χ3n) is 2.23. The molecule has 0 aliphatic carbocycles. The number of halogens is 1. The van der Waals surface area contributed by atoms with Gasteiger partial charge in [-0.2, -0.15) is 5.10 Å². The Morgan fingerprint density at radius 1 is 1.67 bits per heavy atom. The zero-order valence-corrected chi connectivity index (χ0v) is 12.2. The van der Waals surface area contributed by atoms with Gasteiger partial charge in [0.1, 0.15) is 4.47 Å². The number of hydrogen-bond acceptors (Lipinski definition) is 4. The van der Waals surface area contributed by atoms with Crippen molar-refractivity contribution in [3.8, 4) is 0 Å². The molecule has 1 aromatic heterocycles. The van der Waals surface area contributed by atoms with E-state index in [1.807, 2.05) is 13.8 Å². The number of ether oxygens (including phenoxy) is 1. The first-order chi connectivity index (χ1) is 8.57. The van der Waals surface area contributed by atoms with E-state index in [-0.39, 0.29) is 11.6 Å². The molecular formula is C12H18BrN3O2. The second kappa shape index (κ2) is 7.33. The quantitative estimate of drug-likeness (QED) is 0.619. The van der Waals surface area contributed by atoms with E-state index in [4.69, 9.17) is 4.74 Å². The highest BCUT2D eigenvalue weighted by Crippen LogP contribution is 2.16. The molecule has 6 heteroatoms. The van der Waals surface area contributed by atoms with Gasteiger partial charge in [-0.05, 0) is 29.8 Å². The van der Waals surface area contributed by atoms with E-state index in [1.165, 1.54) is 4.68 Å². The van der Waals surface area contributed by atoms with Crippen molar-refractivity contribution in [2.24, 2.45) is 0 Å². The zero-order valence-electron chi connectivity index (χ0n) is 10.6. The van der Waals surface area contributed by atoms with Crippen molar-refractivity contribution in [1.29, 1.82) is 0 Å². The van der Waals surface area contributed by atoms with Crippen LogP contribution in [0.4, 0.5) is 5.69 Å². The molecule has 0 saturated heterocycles. The average Bonchev–Trinajstić information content (AvgIpc) is 2.33. The van der Waals surface area contributed by atoms with E-state index >= 15 is 0 Å². The van der Waals surface area contributed by atoms with Crippen LogP contribution >= 0.6 is 15.9 Å². The molecule has 0 amide bonds.